The molecule has 0 aliphatic carbocycles. The number of nitrogens with one attached hydrogen (secondary N) is 1. The Morgan fingerprint density at radius 2 is 2.38 bits per heavy atom. The van der Waals surface area contributed by atoms with Crippen molar-refractivity contribution in [2.45, 2.75) is 12.5 Å². The molecule has 13 heavy (non-hydrogen) atoms. The van der Waals surface area contributed by atoms with Crippen LogP contribution in [0, 0.1) is 0 Å². The molecule has 1 N–H and O–H groups in total. The van der Waals surface area contributed by atoms with Gasteiger partial charge in [0.1, 0.15) is 12.4 Å². The summed E-state index contributed by atoms with van der Waals surface area (Å²) in [4.78, 5) is 0. The lowest BCUT2D eigenvalue weighted by Crippen LogP contribution is -2.36. The first-order chi connectivity index (χ1) is 6.29. The maximum Gasteiger partial charge on any atom is 0.122 e. The van der Waals surface area contributed by atoms with E-state index >= 15 is 0 Å². The van der Waals surface area contributed by atoms with Gasteiger partial charge in [0.2, 0.25) is 0 Å². The first-order valence-corrected chi connectivity index (χ1v) is 5.17. The normalized spacial score (nSPS) is 20.6. The highest BCUT2D eigenvalue weighted by Crippen LogP contribution is 2.27. The van der Waals surface area contributed by atoms with E-state index in [-0.39, 0.29) is 0 Å². The molecule has 1 heterocycles. The second kappa shape index (κ2) is 3.68. The van der Waals surface area contributed by atoms with Crippen molar-refractivity contribution in [1.82, 2.24) is 5.32 Å². The van der Waals surface area contributed by atoms with Crippen LogP contribution in [0.2, 0.25) is 0 Å². The van der Waals surface area contributed by atoms with Crippen molar-refractivity contribution in [2.75, 3.05) is 13.7 Å². The van der Waals surface area contributed by atoms with Gasteiger partial charge >= 0.3 is 0 Å². The number of fused-ring (bicyclic) bond motifs is 1. The Balaban J connectivity index is 2.27. The van der Waals surface area contributed by atoms with Crippen molar-refractivity contribution < 1.29 is 4.74 Å². The van der Waals surface area contributed by atoms with E-state index < -0.39 is 0 Å². The summed E-state index contributed by atoms with van der Waals surface area (Å²) in [5.74, 6) is 1.02. The van der Waals surface area contributed by atoms with Gasteiger partial charge in [-0.25, -0.2) is 0 Å². The summed E-state index contributed by atoms with van der Waals surface area (Å²) < 4.78 is 6.72. The summed E-state index contributed by atoms with van der Waals surface area (Å²) in [6.07, 6.45) is 1.05. The Morgan fingerprint density at radius 3 is 3.15 bits per heavy atom. The summed E-state index contributed by atoms with van der Waals surface area (Å²) in [5, 5.41) is 3.22. The van der Waals surface area contributed by atoms with E-state index in [1.165, 1.54) is 5.56 Å². The first kappa shape index (κ1) is 9.03. The topological polar surface area (TPSA) is 21.3 Å². The number of halogens is 1. The van der Waals surface area contributed by atoms with Crippen LogP contribution in [-0.2, 0) is 6.42 Å². The summed E-state index contributed by atoms with van der Waals surface area (Å²) in [5.41, 5.74) is 1.28. The lowest BCUT2D eigenvalue weighted by atomic mass is 10.0. The number of likely N-dealkylation sites (N-methyl/N-ethyl adjacent to an activating group) is 1. The van der Waals surface area contributed by atoms with Crippen LogP contribution in [0.3, 0.4) is 0 Å². The SMILES string of the molecule is CNC1COc2ccc(Br)cc2C1. The van der Waals surface area contributed by atoms with Crippen LogP contribution < -0.4 is 10.1 Å². The quantitative estimate of drug-likeness (QED) is 0.812. The zero-order chi connectivity index (χ0) is 9.26. The maximum absolute atomic E-state index is 5.60. The monoisotopic (exact) mass is 241 g/mol. The van der Waals surface area contributed by atoms with Gasteiger partial charge in [-0.3, -0.25) is 0 Å². The van der Waals surface area contributed by atoms with E-state index in [1.807, 2.05) is 19.2 Å². The maximum atomic E-state index is 5.60. The van der Waals surface area contributed by atoms with Gasteiger partial charge in [0.15, 0.2) is 0 Å². The largest absolute Gasteiger partial charge is 0.492 e. The third kappa shape index (κ3) is 1.86. The predicted octanol–water partition coefficient (Wildman–Crippen LogP) is 1.97. The average molecular weight is 242 g/mol. The number of benzene rings is 1. The van der Waals surface area contributed by atoms with Gasteiger partial charge in [-0.2, -0.15) is 0 Å². The van der Waals surface area contributed by atoms with Crippen molar-refractivity contribution >= 4 is 15.9 Å². The molecule has 0 aromatic heterocycles. The van der Waals surface area contributed by atoms with E-state index in [2.05, 4.69) is 27.3 Å². The Labute approximate surface area is 86.4 Å². The summed E-state index contributed by atoms with van der Waals surface area (Å²) in [6.45, 7) is 0.769. The molecular weight excluding hydrogens is 230 g/mol. The molecule has 1 unspecified atom stereocenters. The highest BCUT2D eigenvalue weighted by molar-refractivity contribution is 9.10. The fraction of sp³-hybridized carbons (Fsp3) is 0.400. The standard InChI is InChI=1S/C10H12BrNO/c1-12-9-5-7-4-8(11)2-3-10(7)13-6-9/h2-4,9,12H,5-6H2,1H3. The third-order valence-corrected chi connectivity index (χ3v) is 2.83. The van der Waals surface area contributed by atoms with E-state index in [4.69, 9.17) is 4.74 Å². The Hall–Kier alpha value is -0.540. The molecule has 0 saturated carbocycles. The lowest BCUT2D eigenvalue weighted by molar-refractivity contribution is 0.245. The molecule has 0 saturated heterocycles. The first-order valence-electron chi connectivity index (χ1n) is 4.38. The highest BCUT2D eigenvalue weighted by atomic mass is 79.9. The van der Waals surface area contributed by atoms with Gasteiger partial charge in [0.25, 0.3) is 0 Å². The summed E-state index contributed by atoms with van der Waals surface area (Å²) in [6, 6.07) is 6.60. The second-order valence-corrected chi connectivity index (χ2v) is 4.17. The van der Waals surface area contributed by atoms with Gasteiger partial charge in [0.05, 0.1) is 0 Å². The van der Waals surface area contributed by atoms with Crippen molar-refractivity contribution in [2.24, 2.45) is 0 Å². The van der Waals surface area contributed by atoms with Crippen LogP contribution in [0.5, 0.6) is 5.75 Å². The number of hydrogen-bond acceptors (Lipinski definition) is 2. The molecule has 70 valence electrons. The van der Waals surface area contributed by atoms with Crippen LogP contribution in [0.4, 0.5) is 0 Å². The van der Waals surface area contributed by atoms with Gasteiger partial charge in [0, 0.05) is 10.5 Å². The lowest BCUT2D eigenvalue weighted by Gasteiger charge is -2.24. The molecule has 1 aromatic rings. The van der Waals surface area contributed by atoms with Gasteiger partial charge in [-0.05, 0) is 37.2 Å². The minimum absolute atomic E-state index is 0.446. The minimum Gasteiger partial charge on any atom is -0.492 e. The number of rotatable bonds is 1. The second-order valence-electron chi connectivity index (χ2n) is 3.25. The van der Waals surface area contributed by atoms with Gasteiger partial charge < -0.3 is 10.1 Å². The fourth-order valence-corrected chi connectivity index (χ4v) is 1.96. The smallest absolute Gasteiger partial charge is 0.122 e. The minimum atomic E-state index is 0.446. The third-order valence-electron chi connectivity index (χ3n) is 2.34. The molecule has 2 rings (SSSR count). The number of ether oxygens (including phenoxy) is 1. The molecule has 1 aliphatic rings. The molecule has 1 aromatic carbocycles. The van der Waals surface area contributed by atoms with Crippen molar-refractivity contribution in [3.63, 3.8) is 0 Å². The van der Waals surface area contributed by atoms with Crippen LogP contribution in [0.25, 0.3) is 0 Å². The zero-order valence-electron chi connectivity index (χ0n) is 7.51. The van der Waals surface area contributed by atoms with Gasteiger partial charge in [-0.1, -0.05) is 15.9 Å². The van der Waals surface area contributed by atoms with Crippen molar-refractivity contribution in [3.8, 4) is 5.75 Å². The molecule has 0 spiro atoms. The molecule has 0 fully saturated rings. The predicted molar refractivity (Wildman–Crippen MR) is 56.2 cm³/mol. The average Bonchev–Trinajstić information content (AvgIpc) is 2.16. The van der Waals surface area contributed by atoms with Crippen LogP contribution >= 0.6 is 15.9 Å². The highest BCUT2D eigenvalue weighted by Gasteiger charge is 2.17. The van der Waals surface area contributed by atoms with Crippen LogP contribution in [0.1, 0.15) is 5.56 Å². The van der Waals surface area contributed by atoms with Crippen molar-refractivity contribution in [1.29, 1.82) is 0 Å². The molecule has 1 aliphatic heterocycles. The van der Waals surface area contributed by atoms with E-state index in [1.54, 1.807) is 0 Å². The molecule has 0 radical (unpaired) electrons. The molecule has 0 amide bonds. The van der Waals surface area contributed by atoms with Crippen LogP contribution in [-0.4, -0.2) is 19.7 Å². The van der Waals surface area contributed by atoms with E-state index in [0.29, 0.717) is 6.04 Å². The molecule has 1 atom stereocenters. The molecule has 3 heteroatoms. The molecule has 2 nitrogen and oxygen atoms in total. The van der Waals surface area contributed by atoms with Crippen molar-refractivity contribution in [3.05, 3.63) is 28.2 Å². The Kier molecular flexibility index (Phi) is 2.56. The molecular formula is C10H12BrNO. The van der Waals surface area contributed by atoms with Gasteiger partial charge in [-0.15, -0.1) is 0 Å². The summed E-state index contributed by atoms with van der Waals surface area (Å²) in [7, 11) is 1.97. The fourth-order valence-electron chi connectivity index (χ4n) is 1.55. The Morgan fingerprint density at radius 1 is 1.54 bits per heavy atom. The zero-order valence-corrected chi connectivity index (χ0v) is 9.10. The number of hydrogen-bond donors (Lipinski definition) is 1. The van der Waals surface area contributed by atoms with E-state index in [0.717, 1.165) is 23.2 Å². The summed E-state index contributed by atoms with van der Waals surface area (Å²) >= 11 is 3.46. The Bertz CT molecular complexity index is 314. The van der Waals surface area contributed by atoms with Crippen LogP contribution in [0.15, 0.2) is 22.7 Å². The van der Waals surface area contributed by atoms with E-state index in [9.17, 15) is 0 Å². The molecule has 0 bridgehead atoms.